The first-order valence-corrected chi connectivity index (χ1v) is 5.91. The Morgan fingerprint density at radius 2 is 2.29 bits per heavy atom. The molecule has 1 atom stereocenters. The summed E-state index contributed by atoms with van der Waals surface area (Å²) in [6.45, 7) is 7.35. The smallest absolute Gasteiger partial charge is 0.304 e. The summed E-state index contributed by atoms with van der Waals surface area (Å²) in [5.74, 6) is 0.630. The average molecular weight is 214 g/mol. The second-order valence-corrected chi connectivity index (χ2v) is 4.66. The molecule has 0 aliphatic carbocycles. The molecule has 0 saturated heterocycles. The van der Waals surface area contributed by atoms with Crippen molar-refractivity contribution >= 4 is 11.3 Å². The molecule has 0 aliphatic heterocycles. The molecule has 14 heavy (non-hydrogen) atoms. The zero-order valence-electron chi connectivity index (χ0n) is 8.96. The Balaban J connectivity index is 2.43. The molecule has 0 amide bonds. The molecular weight excluding hydrogens is 196 g/mol. The normalized spacial score (nSPS) is 13.4. The lowest BCUT2D eigenvalue weighted by atomic mass is 10.0. The van der Waals surface area contributed by atoms with Crippen molar-refractivity contribution in [1.29, 1.82) is 0 Å². The molecule has 1 heterocycles. The number of nitrogens with one attached hydrogen (secondary N) is 2. The maximum atomic E-state index is 10.9. The summed E-state index contributed by atoms with van der Waals surface area (Å²) in [5, 5.41) is 5.31. The maximum Gasteiger partial charge on any atom is 0.304 e. The topological polar surface area (TPSA) is 44.9 Å². The van der Waals surface area contributed by atoms with E-state index in [-0.39, 0.29) is 4.87 Å². The number of aromatic nitrogens is 1. The van der Waals surface area contributed by atoms with Gasteiger partial charge in [-0.2, -0.15) is 0 Å². The van der Waals surface area contributed by atoms with Gasteiger partial charge in [-0.1, -0.05) is 32.1 Å². The fourth-order valence-corrected chi connectivity index (χ4v) is 2.07. The molecule has 2 N–H and O–H groups in total. The summed E-state index contributed by atoms with van der Waals surface area (Å²) in [4.78, 5) is 13.7. The minimum absolute atomic E-state index is 0.0272. The number of aromatic amines is 1. The standard InChI is InChI=1S/C10H18N2OS/c1-4-9(7(2)3)11-5-8-6-14-10(13)12-8/h6-7,9,11H,4-5H2,1-3H3,(H,12,13). The molecule has 4 heteroatoms. The number of thiazole rings is 1. The molecular formula is C10H18N2OS. The van der Waals surface area contributed by atoms with Crippen molar-refractivity contribution in [2.75, 3.05) is 0 Å². The van der Waals surface area contributed by atoms with Crippen LogP contribution in [0.5, 0.6) is 0 Å². The number of hydrogen-bond donors (Lipinski definition) is 2. The molecule has 0 aromatic carbocycles. The molecule has 1 rings (SSSR count). The second kappa shape index (κ2) is 5.32. The van der Waals surface area contributed by atoms with Gasteiger partial charge in [-0.15, -0.1) is 0 Å². The number of hydrogen-bond acceptors (Lipinski definition) is 3. The van der Waals surface area contributed by atoms with Crippen LogP contribution in [0.1, 0.15) is 32.9 Å². The van der Waals surface area contributed by atoms with Gasteiger partial charge in [0.05, 0.1) is 0 Å². The van der Waals surface area contributed by atoms with Gasteiger partial charge in [-0.3, -0.25) is 4.79 Å². The van der Waals surface area contributed by atoms with E-state index in [0.29, 0.717) is 12.0 Å². The van der Waals surface area contributed by atoms with Crippen molar-refractivity contribution in [1.82, 2.24) is 10.3 Å². The van der Waals surface area contributed by atoms with Crippen LogP contribution in [-0.2, 0) is 6.54 Å². The molecule has 1 unspecified atom stereocenters. The van der Waals surface area contributed by atoms with E-state index in [1.165, 1.54) is 11.3 Å². The zero-order chi connectivity index (χ0) is 10.6. The van der Waals surface area contributed by atoms with E-state index in [9.17, 15) is 4.79 Å². The van der Waals surface area contributed by atoms with Crippen LogP contribution in [0, 0.1) is 5.92 Å². The Labute approximate surface area is 88.6 Å². The van der Waals surface area contributed by atoms with Crippen molar-refractivity contribution in [2.24, 2.45) is 5.92 Å². The minimum Gasteiger partial charge on any atom is -0.315 e. The highest BCUT2D eigenvalue weighted by molar-refractivity contribution is 7.07. The summed E-state index contributed by atoms with van der Waals surface area (Å²) in [7, 11) is 0. The van der Waals surface area contributed by atoms with Gasteiger partial charge in [0.15, 0.2) is 0 Å². The first-order valence-electron chi connectivity index (χ1n) is 5.03. The molecule has 0 aliphatic rings. The van der Waals surface area contributed by atoms with Gasteiger partial charge in [0.25, 0.3) is 0 Å². The van der Waals surface area contributed by atoms with Gasteiger partial charge >= 0.3 is 4.87 Å². The number of rotatable bonds is 5. The van der Waals surface area contributed by atoms with Crippen molar-refractivity contribution in [3.63, 3.8) is 0 Å². The molecule has 0 saturated carbocycles. The molecule has 0 radical (unpaired) electrons. The average Bonchev–Trinajstić information content (AvgIpc) is 2.52. The van der Waals surface area contributed by atoms with Gasteiger partial charge in [-0.05, 0) is 12.3 Å². The van der Waals surface area contributed by atoms with Crippen LogP contribution in [0.15, 0.2) is 10.2 Å². The summed E-state index contributed by atoms with van der Waals surface area (Å²) >= 11 is 1.22. The van der Waals surface area contributed by atoms with Crippen LogP contribution < -0.4 is 10.2 Å². The van der Waals surface area contributed by atoms with E-state index in [2.05, 4.69) is 31.1 Å². The molecule has 0 spiro atoms. The lowest BCUT2D eigenvalue weighted by Crippen LogP contribution is -2.32. The molecule has 3 nitrogen and oxygen atoms in total. The van der Waals surface area contributed by atoms with Crippen molar-refractivity contribution < 1.29 is 0 Å². The lowest BCUT2D eigenvalue weighted by molar-refractivity contribution is 0.386. The fraction of sp³-hybridized carbons (Fsp3) is 0.700. The van der Waals surface area contributed by atoms with E-state index in [1.54, 1.807) is 0 Å². The highest BCUT2D eigenvalue weighted by atomic mass is 32.1. The van der Waals surface area contributed by atoms with Crippen molar-refractivity contribution in [2.45, 2.75) is 39.8 Å². The van der Waals surface area contributed by atoms with Crippen LogP contribution >= 0.6 is 11.3 Å². The minimum atomic E-state index is 0.0272. The monoisotopic (exact) mass is 214 g/mol. The highest BCUT2D eigenvalue weighted by Crippen LogP contribution is 2.06. The van der Waals surface area contributed by atoms with Crippen LogP contribution in [0.2, 0.25) is 0 Å². The summed E-state index contributed by atoms with van der Waals surface area (Å²) in [6.07, 6.45) is 1.12. The van der Waals surface area contributed by atoms with Gasteiger partial charge in [0, 0.05) is 23.7 Å². The van der Waals surface area contributed by atoms with Gasteiger partial charge in [-0.25, -0.2) is 0 Å². The Bertz CT molecular complexity index is 316. The summed E-state index contributed by atoms with van der Waals surface area (Å²) in [5.41, 5.74) is 0.985. The van der Waals surface area contributed by atoms with Crippen LogP contribution in [0.25, 0.3) is 0 Å². The third-order valence-corrected chi connectivity index (χ3v) is 3.09. The quantitative estimate of drug-likeness (QED) is 0.787. The third kappa shape index (κ3) is 3.27. The first kappa shape index (κ1) is 11.5. The second-order valence-electron chi connectivity index (χ2n) is 3.81. The van der Waals surface area contributed by atoms with E-state index in [4.69, 9.17) is 0 Å². The van der Waals surface area contributed by atoms with E-state index in [0.717, 1.165) is 18.7 Å². The summed E-state index contributed by atoms with van der Waals surface area (Å²) < 4.78 is 0. The van der Waals surface area contributed by atoms with E-state index >= 15 is 0 Å². The van der Waals surface area contributed by atoms with Gasteiger partial charge in [0.2, 0.25) is 0 Å². The Morgan fingerprint density at radius 1 is 1.57 bits per heavy atom. The Kier molecular flexibility index (Phi) is 4.35. The maximum absolute atomic E-state index is 10.9. The first-order chi connectivity index (χ1) is 6.63. The molecule has 80 valence electrons. The van der Waals surface area contributed by atoms with E-state index in [1.807, 2.05) is 5.38 Å². The van der Waals surface area contributed by atoms with Gasteiger partial charge < -0.3 is 10.3 Å². The molecule has 1 aromatic heterocycles. The van der Waals surface area contributed by atoms with Crippen LogP contribution in [-0.4, -0.2) is 11.0 Å². The van der Waals surface area contributed by atoms with E-state index < -0.39 is 0 Å². The van der Waals surface area contributed by atoms with Crippen LogP contribution in [0.4, 0.5) is 0 Å². The fourth-order valence-electron chi connectivity index (χ4n) is 1.49. The predicted octanol–water partition coefficient (Wildman–Crippen LogP) is 1.96. The van der Waals surface area contributed by atoms with Crippen molar-refractivity contribution in [3.05, 3.63) is 20.7 Å². The highest BCUT2D eigenvalue weighted by Gasteiger charge is 2.09. The molecule has 0 fully saturated rings. The van der Waals surface area contributed by atoms with Crippen molar-refractivity contribution in [3.8, 4) is 0 Å². The number of H-pyrrole nitrogens is 1. The SMILES string of the molecule is CCC(NCc1csc(=O)[nH]1)C(C)C. The summed E-state index contributed by atoms with van der Waals surface area (Å²) in [6, 6.07) is 0.526. The Morgan fingerprint density at radius 3 is 2.71 bits per heavy atom. The Hall–Kier alpha value is -0.610. The largest absolute Gasteiger partial charge is 0.315 e. The van der Waals surface area contributed by atoms with Gasteiger partial charge in [0.1, 0.15) is 0 Å². The zero-order valence-corrected chi connectivity index (χ0v) is 9.78. The van der Waals surface area contributed by atoms with Crippen LogP contribution in [0.3, 0.4) is 0 Å². The predicted molar refractivity (Wildman–Crippen MR) is 60.7 cm³/mol. The third-order valence-electron chi connectivity index (χ3n) is 2.37. The lowest BCUT2D eigenvalue weighted by Gasteiger charge is -2.20. The molecule has 0 bridgehead atoms. The molecule has 1 aromatic rings.